The molecule has 18 heavy (non-hydrogen) atoms. The first-order valence-corrected chi connectivity index (χ1v) is 7.42. The maximum Gasteiger partial charge on any atom is 0.530 e. The fraction of sp³-hybridized carbons (Fsp3) is 0.538. The predicted octanol–water partition coefficient (Wildman–Crippen LogP) is 3.86. The summed E-state index contributed by atoms with van der Waals surface area (Å²) in [7, 11) is -3.46. The summed E-state index contributed by atoms with van der Waals surface area (Å²) < 4.78 is 28.3. The smallest absolute Gasteiger partial charge is 0.404 e. The molecule has 0 unspecified atom stereocenters. The van der Waals surface area contributed by atoms with Gasteiger partial charge in [-0.3, -0.25) is 9.05 Å². The lowest BCUT2D eigenvalue weighted by molar-refractivity contribution is 0.0181. The molecular formula is C13H19O4P. The molecule has 1 saturated heterocycles. The Bertz CT molecular complexity index is 482. The molecule has 0 amide bonds. The van der Waals surface area contributed by atoms with Crippen molar-refractivity contribution in [3.63, 3.8) is 0 Å². The van der Waals surface area contributed by atoms with Gasteiger partial charge in [0.25, 0.3) is 0 Å². The van der Waals surface area contributed by atoms with E-state index in [9.17, 15) is 4.57 Å². The second-order valence-electron chi connectivity index (χ2n) is 5.45. The van der Waals surface area contributed by atoms with E-state index in [1.54, 1.807) is 6.07 Å². The van der Waals surface area contributed by atoms with Gasteiger partial charge in [0.1, 0.15) is 5.75 Å². The highest BCUT2D eigenvalue weighted by Crippen LogP contribution is 2.54. The molecule has 0 radical (unpaired) electrons. The van der Waals surface area contributed by atoms with Crippen LogP contribution in [0.5, 0.6) is 5.75 Å². The zero-order valence-electron chi connectivity index (χ0n) is 11.2. The van der Waals surface area contributed by atoms with E-state index in [0.29, 0.717) is 19.0 Å². The molecule has 0 bridgehead atoms. The second kappa shape index (κ2) is 4.69. The van der Waals surface area contributed by atoms with Gasteiger partial charge in [-0.05, 0) is 31.0 Å². The quantitative estimate of drug-likeness (QED) is 0.765. The minimum atomic E-state index is -3.46. The first kappa shape index (κ1) is 13.6. The molecule has 1 aromatic carbocycles. The molecule has 0 N–H and O–H groups in total. The van der Waals surface area contributed by atoms with Crippen molar-refractivity contribution in [1.29, 1.82) is 0 Å². The number of hydrogen-bond acceptors (Lipinski definition) is 4. The van der Waals surface area contributed by atoms with E-state index in [0.717, 1.165) is 11.1 Å². The third-order valence-electron chi connectivity index (χ3n) is 2.99. The normalized spacial score (nSPS) is 21.6. The maximum absolute atomic E-state index is 12.3. The Morgan fingerprint density at radius 1 is 1.22 bits per heavy atom. The van der Waals surface area contributed by atoms with Gasteiger partial charge in [-0.2, -0.15) is 0 Å². The van der Waals surface area contributed by atoms with Crippen LogP contribution in [0.2, 0.25) is 0 Å². The SMILES string of the molecule is Cc1cccc(OP2(=O)OCC(C)(C)CO2)c1C. The Balaban J connectivity index is 2.15. The van der Waals surface area contributed by atoms with Crippen LogP contribution in [0.15, 0.2) is 18.2 Å². The van der Waals surface area contributed by atoms with Gasteiger partial charge in [-0.25, -0.2) is 4.57 Å². The summed E-state index contributed by atoms with van der Waals surface area (Å²) in [4.78, 5) is 0. The molecule has 1 aliphatic heterocycles. The summed E-state index contributed by atoms with van der Waals surface area (Å²) in [5, 5.41) is 0. The summed E-state index contributed by atoms with van der Waals surface area (Å²) in [6, 6.07) is 5.61. The Kier molecular flexibility index (Phi) is 3.54. The number of aryl methyl sites for hydroxylation is 1. The van der Waals surface area contributed by atoms with Crippen molar-refractivity contribution in [2.75, 3.05) is 13.2 Å². The molecule has 1 fully saturated rings. The van der Waals surface area contributed by atoms with Crippen molar-refractivity contribution in [3.05, 3.63) is 29.3 Å². The van der Waals surface area contributed by atoms with Crippen LogP contribution in [0.25, 0.3) is 0 Å². The molecule has 1 aromatic rings. The summed E-state index contributed by atoms with van der Waals surface area (Å²) in [5.74, 6) is 0.554. The van der Waals surface area contributed by atoms with Crippen LogP contribution in [0.3, 0.4) is 0 Å². The molecule has 0 atom stereocenters. The van der Waals surface area contributed by atoms with E-state index in [2.05, 4.69) is 0 Å². The number of phosphoric ester groups is 1. The van der Waals surface area contributed by atoms with Gasteiger partial charge in [0.2, 0.25) is 0 Å². The number of benzene rings is 1. The average Bonchev–Trinajstić information content (AvgIpc) is 2.30. The van der Waals surface area contributed by atoms with Crippen LogP contribution in [0, 0.1) is 19.3 Å². The second-order valence-corrected chi connectivity index (χ2v) is 7.04. The standard InChI is InChI=1S/C13H19O4P/c1-10-6-5-7-12(11(10)2)17-18(14)15-8-13(3,4)9-16-18/h5-7H,8-9H2,1-4H3. The van der Waals surface area contributed by atoms with Crippen LogP contribution < -0.4 is 4.52 Å². The molecule has 1 aliphatic rings. The molecule has 0 aliphatic carbocycles. The number of phosphoric acid groups is 1. The molecule has 4 nitrogen and oxygen atoms in total. The largest absolute Gasteiger partial charge is 0.530 e. The lowest BCUT2D eigenvalue weighted by Gasteiger charge is -2.33. The minimum Gasteiger partial charge on any atom is -0.404 e. The van der Waals surface area contributed by atoms with Crippen LogP contribution in [-0.2, 0) is 13.6 Å². The monoisotopic (exact) mass is 270 g/mol. The lowest BCUT2D eigenvalue weighted by Crippen LogP contribution is -2.30. The molecular weight excluding hydrogens is 251 g/mol. The van der Waals surface area contributed by atoms with Gasteiger partial charge in [-0.15, -0.1) is 0 Å². The van der Waals surface area contributed by atoms with Crippen LogP contribution in [0.4, 0.5) is 0 Å². The van der Waals surface area contributed by atoms with E-state index in [1.165, 1.54) is 0 Å². The average molecular weight is 270 g/mol. The topological polar surface area (TPSA) is 44.8 Å². The van der Waals surface area contributed by atoms with Crippen LogP contribution in [0.1, 0.15) is 25.0 Å². The van der Waals surface area contributed by atoms with Gasteiger partial charge in [0.15, 0.2) is 0 Å². The fourth-order valence-electron chi connectivity index (χ4n) is 1.58. The minimum absolute atomic E-state index is 0.126. The lowest BCUT2D eigenvalue weighted by atomic mass is 9.97. The van der Waals surface area contributed by atoms with Crippen LogP contribution in [-0.4, -0.2) is 13.2 Å². The Morgan fingerprint density at radius 2 is 1.83 bits per heavy atom. The summed E-state index contributed by atoms with van der Waals surface area (Å²) in [6.07, 6.45) is 0. The molecule has 0 spiro atoms. The van der Waals surface area contributed by atoms with E-state index in [1.807, 2.05) is 39.8 Å². The molecule has 5 heteroatoms. The molecule has 100 valence electrons. The van der Waals surface area contributed by atoms with Gasteiger partial charge in [0, 0.05) is 5.41 Å². The van der Waals surface area contributed by atoms with E-state index < -0.39 is 7.82 Å². The van der Waals surface area contributed by atoms with Crippen molar-refractivity contribution in [2.45, 2.75) is 27.7 Å². The van der Waals surface area contributed by atoms with Crippen molar-refractivity contribution >= 4 is 7.82 Å². The first-order valence-electron chi connectivity index (χ1n) is 5.96. The molecule has 2 rings (SSSR count). The van der Waals surface area contributed by atoms with Crippen molar-refractivity contribution in [2.24, 2.45) is 5.41 Å². The zero-order chi connectivity index (χ0) is 13.4. The first-order chi connectivity index (χ1) is 8.31. The number of hydrogen-bond donors (Lipinski definition) is 0. The molecule has 0 aromatic heterocycles. The van der Waals surface area contributed by atoms with Gasteiger partial charge in [-0.1, -0.05) is 26.0 Å². The van der Waals surface area contributed by atoms with Gasteiger partial charge < -0.3 is 4.52 Å². The Labute approximate surface area is 108 Å². The third-order valence-corrected chi connectivity index (χ3v) is 4.30. The van der Waals surface area contributed by atoms with Crippen molar-refractivity contribution in [3.8, 4) is 5.75 Å². The Hall–Kier alpha value is -0.830. The maximum atomic E-state index is 12.3. The van der Waals surface area contributed by atoms with Crippen LogP contribution >= 0.6 is 7.82 Å². The highest BCUT2D eigenvalue weighted by Gasteiger charge is 2.39. The highest BCUT2D eigenvalue weighted by atomic mass is 31.2. The predicted molar refractivity (Wildman–Crippen MR) is 69.8 cm³/mol. The fourth-order valence-corrected chi connectivity index (χ4v) is 3.22. The Morgan fingerprint density at radius 3 is 2.44 bits per heavy atom. The number of rotatable bonds is 2. The van der Waals surface area contributed by atoms with Gasteiger partial charge >= 0.3 is 7.82 Å². The van der Waals surface area contributed by atoms with E-state index >= 15 is 0 Å². The summed E-state index contributed by atoms with van der Waals surface area (Å²) in [5.41, 5.74) is 1.90. The van der Waals surface area contributed by atoms with Crippen molar-refractivity contribution in [1.82, 2.24) is 0 Å². The summed E-state index contributed by atoms with van der Waals surface area (Å²) in [6.45, 7) is 8.63. The van der Waals surface area contributed by atoms with E-state index in [4.69, 9.17) is 13.6 Å². The molecule has 1 heterocycles. The van der Waals surface area contributed by atoms with Gasteiger partial charge in [0.05, 0.1) is 13.2 Å². The highest BCUT2D eigenvalue weighted by molar-refractivity contribution is 7.49. The van der Waals surface area contributed by atoms with Crippen molar-refractivity contribution < 1.29 is 18.1 Å². The zero-order valence-corrected chi connectivity index (χ0v) is 12.1. The third kappa shape index (κ3) is 2.94. The molecule has 0 saturated carbocycles. The summed E-state index contributed by atoms with van der Waals surface area (Å²) >= 11 is 0. The van der Waals surface area contributed by atoms with E-state index in [-0.39, 0.29) is 5.41 Å².